The number of likely N-dealkylation sites (tertiary alicyclic amines) is 1. The van der Waals surface area contributed by atoms with E-state index < -0.39 is 17.7 Å². The summed E-state index contributed by atoms with van der Waals surface area (Å²) in [4.78, 5) is 32.4. The number of aromatic nitrogens is 1. The van der Waals surface area contributed by atoms with Gasteiger partial charge in [0.05, 0.1) is 18.2 Å². The number of benzene rings is 2. The van der Waals surface area contributed by atoms with Crippen LogP contribution >= 0.6 is 0 Å². The van der Waals surface area contributed by atoms with E-state index in [1.807, 2.05) is 49.4 Å². The first-order valence-electron chi connectivity index (χ1n) is 13.0. The number of rotatable bonds is 8. The van der Waals surface area contributed by atoms with Gasteiger partial charge in [0.2, 0.25) is 0 Å². The van der Waals surface area contributed by atoms with E-state index in [2.05, 4.69) is 18.8 Å². The van der Waals surface area contributed by atoms with Gasteiger partial charge >= 0.3 is 0 Å². The fourth-order valence-electron chi connectivity index (χ4n) is 4.99. The molecule has 2 aromatic carbocycles. The van der Waals surface area contributed by atoms with E-state index in [0.717, 1.165) is 23.3 Å². The number of hydrogen-bond acceptors (Lipinski definition) is 6. The quantitative estimate of drug-likeness (QED) is 0.245. The molecule has 0 aliphatic carbocycles. The van der Waals surface area contributed by atoms with Gasteiger partial charge in [-0.2, -0.15) is 0 Å². The number of fused-ring (bicyclic) bond motifs is 1. The number of aliphatic hydroxyl groups excluding tert-OH is 1. The first-order chi connectivity index (χ1) is 18.3. The van der Waals surface area contributed by atoms with E-state index in [1.165, 1.54) is 4.90 Å². The predicted octanol–water partition coefficient (Wildman–Crippen LogP) is 5.45. The minimum Gasteiger partial charge on any atom is -0.507 e. The van der Waals surface area contributed by atoms with E-state index in [0.29, 0.717) is 35.8 Å². The third-order valence-corrected chi connectivity index (χ3v) is 6.95. The second-order valence-electron chi connectivity index (χ2n) is 10.3. The van der Waals surface area contributed by atoms with E-state index in [1.54, 1.807) is 24.5 Å². The van der Waals surface area contributed by atoms with Crippen molar-refractivity contribution in [3.8, 4) is 11.5 Å². The number of ketones is 1. The topological polar surface area (TPSA) is 89.0 Å². The third kappa shape index (κ3) is 5.14. The summed E-state index contributed by atoms with van der Waals surface area (Å²) in [6, 6.07) is 15.6. The molecule has 196 valence electrons. The Labute approximate surface area is 222 Å². The van der Waals surface area contributed by atoms with Gasteiger partial charge in [-0.3, -0.25) is 14.6 Å². The number of Topliss-reactive ketones (excluding diaryl/α,β-unsaturated/α-hetero) is 1. The minimum absolute atomic E-state index is 0.0479. The molecule has 0 unspecified atom stereocenters. The van der Waals surface area contributed by atoms with Crippen molar-refractivity contribution in [3.63, 3.8) is 0 Å². The molecular weight excluding hydrogens is 480 g/mol. The first kappa shape index (κ1) is 25.5. The molecular formula is C31H32N2O5. The maximum atomic E-state index is 13.4. The lowest BCUT2D eigenvalue weighted by atomic mass is 9.94. The van der Waals surface area contributed by atoms with Crippen LogP contribution in [0.2, 0.25) is 0 Å². The fraction of sp³-hybridized carbons (Fsp3) is 0.323. The monoisotopic (exact) mass is 512 g/mol. The predicted molar refractivity (Wildman–Crippen MR) is 144 cm³/mol. The van der Waals surface area contributed by atoms with Gasteiger partial charge in [-0.15, -0.1) is 0 Å². The van der Waals surface area contributed by atoms with Gasteiger partial charge in [-0.25, -0.2) is 0 Å². The summed E-state index contributed by atoms with van der Waals surface area (Å²) >= 11 is 0. The lowest BCUT2D eigenvalue weighted by Crippen LogP contribution is -2.29. The van der Waals surface area contributed by atoms with Crippen LogP contribution < -0.4 is 9.47 Å². The summed E-state index contributed by atoms with van der Waals surface area (Å²) in [6.45, 7) is 7.02. The lowest BCUT2D eigenvalue weighted by molar-refractivity contribution is -0.140. The number of nitrogens with zero attached hydrogens (tertiary/aromatic N) is 2. The SMILES string of the molecule is CC(C)CCOc1cccc([C@H]2C(=C(O)c3ccc4c(c3)C[C@@H](C)O4)C(=O)C(=O)N2Cc2ccncc2)c1. The Morgan fingerprint density at radius 1 is 1.13 bits per heavy atom. The molecule has 0 radical (unpaired) electrons. The van der Waals surface area contributed by atoms with Gasteiger partial charge in [0.1, 0.15) is 23.4 Å². The average Bonchev–Trinajstić information content (AvgIpc) is 3.40. The van der Waals surface area contributed by atoms with E-state index in [4.69, 9.17) is 9.47 Å². The van der Waals surface area contributed by atoms with E-state index in [-0.39, 0.29) is 24.0 Å². The summed E-state index contributed by atoms with van der Waals surface area (Å²) in [7, 11) is 0. The maximum Gasteiger partial charge on any atom is 0.295 e. The molecule has 1 aromatic heterocycles. The molecule has 0 spiro atoms. The van der Waals surface area contributed by atoms with Crippen molar-refractivity contribution in [2.75, 3.05) is 6.61 Å². The van der Waals surface area contributed by atoms with Crippen molar-refractivity contribution in [2.24, 2.45) is 5.92 Å². The third-order valence-electron chi connectivity index (χ3n) is 6.95. The van der Waals surface area contributed by atoms with Crippen LogP contribution in [0.4, 0.5) is 0 Å². The molecule has 2 aliphatic heterocycles. The molecule has 1 fully saturated rings. The lowest BCUT2D eigenvalue weighted by Gasteiger charge is -2.26. The number of pyridine rings is 1. The highest BCUT2D eigenvalue weighted by Gasteiger charge is 2.46. The number of carbonyl (C=O) groups excluding carboxylic acids is 2. The van der Waals surface area contributed by atoms with Gasteiger partial charge in [0.15, 0.2) is 0 Å². The molecule has 1 N–H and O–H groups in total. The number of ether oxygens (including phenoxy) is 2. The van der Waals surface area contributed by atoms with E-state index >= 15 is 0 Å². The van der Waals surface area contributed by atoms with Crippen molar-refractivity contribution in [3.05, 3.63) is 94.8 Å². The molecule has 3 aromatic rings. The Bertz CT molecular complexity index is 1380. The first-order valence-corrected chi connectivity index (χ1v) is 13.0. The molecule has 2 atom stereocenters. The zero-order valence-electron chi connectivity index (χ0n) is 21.9. The van der Waals surface area contributed by atoms with Crippen molar-refractivity contribution in [1.29, 1.82) is 0 Å². The number of amides is 1. The fourth-order valence-corrected chi connectivity index (χ4v) is 4.99. The van der Waals surface area contributed by atoms with Crippen LogP contribution in [-0.4, -0.2) is 39.4 Å². The van der Waals surface area contributed by atoms with Crippen molar-refractivity contribution >= 4 is 17.4 Å². The molecule has 0 bridgehead atoms. The van der Waals surface area contributed by atoms with Crippen LogP contribution in [0.5, 0.6) is 11.5 Å². The zero-order valence-corrected chi connectivity index (χ0v) is 21.9. The van der Waals surface area contributed by atoms with Gasteiger partial charge < -0.3 is 19.5 Å². The van der Waals surface area contributed by atoms with Crippen LogP contribution in [-0.2, 0) is 22.6 Å². The highest BCUT2D eigenvalue weighted by atomic mass is 16.5. The van der Waals surface area contributed by atoms with Gasteiger partial charge in [-0.05, 0) is 78.4 Å². The van der Waals surface area contributed by atoms with Crippen LogP contribution in [0, 0.1) is 5.92 Å². The molecule has 3 heterocycles. The van der Waals surface area contributed by atoms with Crippen molar-refractivity contribution in [1.82, 2.24) is 9.88 Å². The molecule has 1 saturated heterocycles. The summed E-state index contributed by atoms with van der Waals surface area (Å²) in [5, 5.41) is 11.5. The van der Waals surface area contributed by atoms with Crippen molar-refractivity contribution < 1.29 is 24.2 Å². The molecule has 0 saturated carbocycles. The average molecular weight is 513 g/mol. The Morgan fingerprint density at radius 3 is 2.68 bits per heavy atom. The standard InChI is InChI=1S/C31H32N2O5/c1-19(2)11-14-37-25-6-4-5-22(17-25)28-27(29(34)23-7-8-26-24(16-23)15-20(3)38-26)30(35)31(36)33(28)18-21-9-12-32-13-10-21/h4-10,12-13,16-17,19-20,28,34H,11,14-15,18H2,1-3H3/t20-,28+/m1/s1. The van der Waals surface area contributed by atoms with Crippen LogP contribution in [0.3, 0.4) is 0 Å². The summed E-state index contributed by atoms with van der Waals surface area (Å²) in [5.41, 5.74) is 3.04. The normalized spacial score (nSPS) is 20.1. The maximum absolute atomic E-state index is 13.4. The number of aliphatic hydroxyl groups is 1. The molecule has 1 amide bonds. The van der Waals surface area contributed by atoms with Crippen LogP contribution in [0.25, 0.3) is 5.76 Å². The number of carbonyl (C=O) groups is 2. The van der Waals surface area contributed by atoms with Gasteiger partial charge in [-0.1, -0.05) is 26.0 Å². The smallest absolute Gasteiger partial charge is 0.295 e. The second-order valence-corrected chi connectivity index (χ2v) is 10.3. The minimum atomic E-state index is -0.778. The second kappa shape index (κ2) is 10.7. The molecule has 7 nitrogen and oxygen atoms in total. The van der Waals surface area contributed by atoms with Gasteiger partial charge in [0, 0.05) is 30.9 Å². The molecule has 38 heavy (non-hydrogen) atoms. The van der Waals surface area contributed by atoms with E-state index in [9.17, 15) is 14.7 Å². The van der Waals surface area contributed by atoms with Crippen LogP contribution in [0.15, 0.2) is 72.6 Å². The zero-order chi connectivity index (χ0) is 26.8. The summed E-state index contributed by atoms with van der Waals surface area (Å²) < 4.78 is 11.8. The molecule has 5 rings (SSSR count). The molecule has 7 heteroatoms. The van der Waals surface area contributed by atoms with Crippen molar-refractivity contribution in [2.45, 2.75) is 52.3 Å². The highest BCUT2D eigenvalue weighted by Crippen LogP contribution is 2.42. The summed E-state index contributed by atoms with van der Waals surface area (Å²) in [5.74, 6) is 0.372. The molecule has 2 aliphatic rings. The highest BCUT2D eigenvalue weighted by molar-refractivity contribution is 6.46. The Hall–Kier alpha value is -4.13. The Kier molecular flexibility index (Phi) is 7.18. The largest absolute Gasteiger partial charge is 0.507 e. The summed E-state index contributed by atoms with van der Waals surface area (Å²) in [6.07, 6.45) is 4.97. The number of hydrogen-bond donors (Lipinski definition) is 1. The Balaban J connectivity index is 1.57. The van der Waals surface area contributed by atoms with Crippen LogP contribution in [0.1, 0.15) is 55.5 Å². The Morgan fingerprint density at radius 2 is 1.92 bits per heavy atom. The van der Waals surface area contributed by atoms with Gasteiger partial charge in [0.25, 0.3) is 11.7 Å².